The molecule has 0 aliphatic carbocycles. The summed E-state index contributed by atoms with van der Waals surface area (Å²) >= 11 is 1.51. The van der Waals surface area contributed by atoms with E-state index in [1.165, 1.54) is 11.3 Å². The topological polar surface area (TPSA) is 74.8 Å². The molecule has 4 rings (SSSR count). The molecule has 0 atom stereocenters. The van der Waals surface area contributed by atoms with E-state index in [1.54, 1.807) is 6.92 Å². The zero-order chi connectivity index (χ0) is 17.4. The van der Waals surface area contributed by atoms with Gasteiger partial charge < -0.3 is 10.3 Å². The summed E-state index contributed by atoms with van der Waals surface area (Å²) in [7, 11) is 0. The average molecular weight is 349 g/mol. The number of carbonyl (C=O) groups excluding carboxylic acids is 2. The van der Waals surface area contributed by atoms with Crippen molar-refractivity contribution in [2.24, 2.45) is 0 Å². The number of rotatable bonds is 4. The van der Waals surface area contributed by atoms with Crippen molar-refractivity contribution >= 4 is 44.1 Å². The summed E-state index contributed by atoms with van der Waals surface area (Å²) in [6.45, 7) is 2.04. The fourth-order valence-corrected chi connectivity index (χ4v) is 3.82. The molecule has 2 aromatic carbocycles. The van der Waals surface area contributed by atoms with Crippen LogP contribution in [-0.2, 0) is 11.3 Å². The molecule has 6 heteroatoms. The highest BCUT2D eigenvalue weighted by atomic mass is 32.1. The molecule has 4 aromatic rings. The Morgan fingerprint density at radius 3 is 2.72 bits per heavy atom. The Balaban J connectivity index is 1.54. The molecule has 0 fully saturated rings. The Kier molecular flexibility index (Phi) is 3.82. The number of aryl methyl sites for hydroxylation is 1. The number of aromatic nitrogens is 2. The van der Waals surface area contributed by atoms with Crippen LogP contribution >= 0.6 is 11.3 Å². The van der Waals surface area contributed by atoms with E-state index in [4.69, 9.17) is 0 Å². The first kappa shape index (κ1) is 15.5. The Bertz CT molecular complexity index is 1080. The number of hydrogen-bond acceptors (Lipinski definition) is 4. The summed E-state index contributed by atoms with van der Waals surface area (Å²) in [6.07, 6.45) is 0. The number of thiazole rings is 1. The summed E-state index contributed by atoms with van der Waals surface area (Å²) in [4.78, 5) is 32.5. The van der Waals surface area contributed by atoms with Crippen LogP contribution in [0.1, 0.15) is 21.1 Å². The van der Waals surface area contributed by atoms with Crippen molar-refractivity contribution < 1.29 is 9.59 Å². The number of carbonyl (C=O) groups is 2. The second-order valence-electron chi connectivity index (χ2n) is 5.76. The summed E-state index contributed by atoms with van der Waals surface area (Å²) in [5.41, 5.74) is 2.87. The average Bonchev–Trinajstić information content (AvgIpc) is 3.18. The minimum absolute atomic E-state index is 0.241. The Morgan fingerprint density at radius 1 is 1.12 bits per heavy atom. The molecule has 1 amide bonds. The number of hydrogen-bond donors (Lipinski definition) is 2. The van der Waals surface area contributed by atoms with Gasteiger partial charge >= 0.3 is 0 Å². The maximum Gasteiger partial charge on any atom is 0.292 e. The number of amides is 1. The molecule has 0 spiro atoms. The van der Waals surface area contributed by atoms with Gasteiger partial charge in [-0.1, -0.05) is 30.3 Å². The van der Waals surface area contributed by atoms with E-state index in [0.717, 1.165) is 26.1 Å². The molecule has 25 heavy (non-hydrogen) atoms. The lowest BCUT2D eigenvalue weighted by Crippen LogP contribution is -2.30. The van der Waals surface area contributed by atoms with Gasteiger partial charge in [0.2, 0.25) is 0 Å². The number of nitrogens with zero attached hydrogens (tertiary/aromatic N) is 1. The fourth-order valence-electron chi connectivity index (χ4n) is 2.91. The summed E-state index contributed by atoms with van der Waals surface area (Å²) in [6, 6.07) is 15.3. The van der Waals surface area contributed by atoms with Crippen molar-refractivity contribution in [3.05, 3.63) is 64.8 Å². The molecule has 5 nitrogen and oxygen atoms in total. The molecular formula is C19H15N3O2S. The number of para-hydroxylation sites is 2. The number of nitrogens with one attached hydrogen (secondary N) is 2. The number of H-pyrrole nitrogens is 1. The van der Waals surface area contributed by atoms with Gasteiger partial charge in [0.05, 0.1) is 22.3 Å². The zero-order valence-electron chi connectivity index (χ0n) is 13.5. The van der Waals surface area contributed by atoms with Crippen LogP contribution in [0.2, 0.25) is 0 Å². The van der Waals surface area contributed by atoms with Gasteiger partial charge in [-0.3, -0.25) is 9.59 Å². The van der Waals surface area contributed by atoms with Gasteiger partial charge in [0.15, 0.2) is 0 Å². The molecule has 0 saturated carbocycles. The van der Waals surface area contributed by atoms with E-state index < -0.39 is 11.7 Å². The molecule has 0 aliphatic heterocycles. The molecule has 0 aliphatic rings. The van der Waals surface area contributed by atoms with Crippen LogP contribution in [0, 0.1) is 6.92 Å². The van der Waals surface area contributed by atoms with Gasteiger partial charge in [-0.2, -0.15) is 0 Å². The second-order valence-corrected chi connectivity index (χ2v) is 6.87. The van der Waals surface area contributed by atoms with Gasteiger partial charge in [0.25, 0.3) is 11.7 Å². The molecular weight excluding hydrogens is 334 g/mol. The van der Waals surface area contributed by atoms with Crippen LogP contribution in [0.4, 0.5) is 0 Å². The molecule has 0 saturated heterocycles. The quantitative estimate of drug-likeness (QED) is 0.437. The normalized spacial score (nSPS) is 11.1. The Morgan fingerprint density at radius 2 is 1.88 bits per heavy atom. The van der Waals surface area contributed by atoms with Crippen molar-refractivity contribution in [2.75, 3.05) is 0 Å². The van der Waals surface area contributed by atoms with Crippen molar-refractivity contribution in [3.63, 3.8) is 0 Å². The van der Waals surface area contributed by atoms with Gasteiger partial charge in [-0.05, 0) is 25.1 Å². The summed E-state index contributed by atoms with van der Waals surface area (Å²) in [5.74, 6) is -1.15. The number of benzene rings is 2. The number of ketones is 1. The van der Waals surface area contributed by atoms with Crippen molar-refractivity contribution in [1.29, 1.82) is 0 Å². The maximum atomic E-state index is 12.6. The standard InChI is InChI=1S/C19H15N3O2S/c1-11-17(12-6-2-3-7-13(12)21-11)18(23)19(24)20-10-16-22-14-8-4-5-9-15(14)25-16/h2-9,21H,10H2,1H3,(H,20,24). The van der Waals surface area contributed by atoms with E-state index in [1.807, 2.05) is 48.5 Å². The van der Waals surface area contributed by atoms with Crippen molar-refractivity contribution in [1.82, 2.24) is 15.3 Å². The fraction of sp³-hybridized carbons (Fsp3) is 0.105. The van der Waals surface area contributed by atoms with Crippen LogP contribution in [-0.4, -0.2) is 21.7 Å². The molecule has 2 aromatic heterocycles. The van der Waals surface area contributed by atoms with Gasteiger partial charge in [-0.25, -0.2) is 4.98 Å². The number of aromatic amines is 1. The predicted octanol–water partition coefficient (Wildman–Crippen LogP) is 3.59. The predicted molar refractivity (Wildman–Crippen MR) is 98.8 cm³/mol. The molecule has 0 radical (unpaired) electrons. The number of fused-ring (bicyclic) bond motifs is 2. The first-order chi connectivity index (χ1) is 12.1. The molecule has 0 bridgehead atoms. The van der Waals surface area contributed by atoms with Crippen LogP contribution in [0.3, 0.4) is 0 Å². The van der Waals surface area contributed by atoms with Crippen LogP contribution < -0.4 is 5.32 Å². The highest BCUT2D eigenvalue weighted by Gasteiger charge is 2.22. The van der Waals surface area contributed by atoms with E-state index in [2.05, 4.69) is 15.3 Å². The molecule has 0 unspecified atom stereocenters. The first-order valence-corrected chi connectivity index (χ1v) is 8.69. The van der Waals surface area contributed by atoms with Crippen molar-refractivity contribution in [3.8, 4) is 0 Å². The minimum atomic E-state index is -0.618. The van der Waals surface area contributed by atoms with Gasteiger partial charge in [0.1, 0.15) is 5.01 Å². The van der Waals surface area contributed by atoms with E-state index in [-0.39, 0.29) is 6.54 Å². The lowest BCUT2D eigenvalue weighted by atomic mass is 10.1. The monoisotopic (exact) mass is 349 g/mol. The molecule has 2 N–H and O–H groups in total. The van der Waals surface area contributed by atoms with E-state index in [0.29, 0.717) is 11.3 Å². The maximum absolute atomic E-state index is 12.6. The Labute approximate surface area is 147 Å². The lowest BCUT2D eigenvalue weighted by molar-refractivity contribution is -0.117. The first-order valence-electron chi connectivity index (χ1n) is 7.88. The van der Waals surface area contributed by atoms with Crippen LogP contribution in [0.5, 0.6) is 0 Å². The highest BCUT2D eigenvalue weighted by molar-refractivity contribution is 7.18. The summed E-state index contributed by atoms with van der Waals surface area (Å²) < 4.78 is 1.06. The smallest absolute Gasteiger partial charge is 0.292 e. The zero-order valence-corrected chi connectivity index (χ0v) is 14.3. The third kappa shape index (κ3) is 2.81. The summed E-state index contributed by atoms with van der Waals surface area (Å²) in [5, 5.41) is 4.23. The third-order valence-electron chi connectivity index (χ3n) is 4.07. The lowest BCUT2D eigenvalue weighted by Gasteiger charge is -2.03. The third-order valence-corrected chi connectivity index (χ3v) is 5.10. The van der Waals surface area contributed by atoms with Crippen LogP contribution in [0.25, 0.3) is 21.1 Å². The second kappa shape index (κ2) is 6.14. The molecule has 2 heterocycles. The van der Waals surface area contributed by atoms with E-state index in [9.17, 15) is 9.59 Å². The largest absolute Gasteiger partial charge is 0.358 e. The SMILES string of the molecule is Cc1[nH]c2ccccc2c1C(=O)C(=O)NCc1nc2ccccc2s1. The van der Waals surface area contributed by atoms with Crippen LogP contribution in [0.15, 0.2) is 48.5 Å². The Hall–Kier alpha value is -2.99. The van der Waals surface area contributed by atoms with Crippen molar-refractivity contribution in [2.45, 2.75) is 13.5 Å². The van der Waals surface area contributed by atoms with Gasteiger partial charge in [-0.15, -0.1) is 11.3 Å². The van der Waals surface area contributed by atoms with Gasteiger partial charge in [0, 0.05) is 16.6 Å². The molecule has 124 valence electrons. The van der Waals surface area contributed by atoms with E-state index >= 15 is 0 Å². The highest BCUT2D eigenvalue weighted by Crippen LogP contribution is 2.23. The number of Topliss-reactive ketones (excluding diaryl/α,β-unsaturated/α-hetero) is 1. The minimum Gasteiger partial charge on any atom is -0.358 e.